The molecular weight excluding hydrogens is 230 g/mol. The van der Waals surface area contributed by atoms with Gasteiger partial charge >= 0.3 is 5.97 Å². The Hall–Kier alpha value is -1.29. The lowest BCUT2D eigenvalue weighted by Gasteiger charge is -2.21. The van der Waals surface area contributed by atoms with Crippen LogP contribution >= 0.6 is 0 Å². The molecule has 0 aliphatic heterocycles. The molecule has 0 atom stereocenters. The number of nitrogens with zero attached hydrogens (tertiary/aromatic N) is 1. The highest BCUT2D eigenvalue weighted by atomic mass is 16.4. The normalized spacial score (nSPS) is 15.6. The van der Waals surface area contributed by atoms with Crippen LogP contribution < -0.4 is 0 Å². The number of aromatic carboxylic acids is 1. The number of hydrogen-bond acceptors (Lipinski definition) is 3. The van der Waals surface area contributed by atoms with E-state index in [1.807, 2.05) is 0 Å². The summed E-state index contributed by atoms with van der Waals surface area (Å²) >= 11 is 0. The molecule has 0 saturated heterocycles. The lowest BCUT2D eigenvalue weighted by atomic mass is 10.1. The summed E-state index contributed by atoms with van der Waals surface area (Å²) in [4.78, 5) is 13.2. The van der Waals surface area contributed by atoms with Gasteiger partial charge in [-0.2, -0.15) is 0 Å². The van der Waals surface area contributed by atoms with Gasteiger partial charge in [0, 0.05) is 6.04 Å². The van der Waals surface area contributed by atoms with Crippen LogP contribution in [0.5, 0.6) is 0 Å². The first-order valence-corrected chi connectivity index (χ1v) is 6.61. The average Bonchev–Trinajstić information content (AvgIpc) is 3.03. The van der Waals surface area contributed by atoms with Crippen LogP contribution in [0.3, 0.4) is 0 Å². The van der Waals surface area contributed by atoms with E-state index in [9.17, 15) is 4.79 Å². The van der Waals surface area contributed by atoms with Gasteiger partial charge in [0.2, 0.25) is 0 Å². The van der Waals surface area contributed by atoms with Gasteiger partial charge in [-0.1, -0.05) is 13.8 Å². The van der Waals surface area contributed by atoms with Gasteiger partial charge in [-0.15, -0.1) is 0 Å². The first-order chi connectivity index (χ1) is 8.56. The topological polar surface area (TPSA) is 53.7 Å². The van der Waals surface area contributed by atoms with Gasteiger partial charge in [-0.25, -0.2) is 4.79 Å². The van der Waals surface area contributed by atoms with E-state index in [2.05, 4.69) is 18.7 Å². The highest BCUT2D eigenvalue weighted by Gasteiger charge is 2.29. The summed E-state index contributed by atoms with van der Waals surface area (Å²) in [6.45, 7) is 6.23. The largest absolute Gasteiger partial charge is 0.478 e. The first-order valence-electron chi connectivity index (χ1n) is 6.61. The Balaban J connectivity index is 1.92. The van der Waals surface area contributed by atoms with Gasteiger partial charge in [0.1, 0.15) is 12.0 Å². The quantitative estimate of drug-likeness (QED) is 0.809. The van der Waals surface area contributed by atoms with Crippen molar-refractivity contribution in [2.24, 2.45) is 5.92 Å². The van der Waals surface area contributed by atoms with E-state index in [-0.39, 0.29) is 5.56 Å². The van der Waals surface area contributed by atoms with E-state index >= 15 is 0 Å². The highest BCUT2D eigenvalue weighted by molar-refractivity contribution is 5.87. The number of hydrogen-bond donors (Lipinski definition) is 1. The van der Waals surface area contributed by atoms with Crippen LogP contribution in [0.15, 0.2) is 16.7 Å². The van der Waals surface area contributed by atoms with E-state index in [1.54, 1.807) is 6.07 Å². The minimum atomic E-state index is -0.926. The molecule has 100 valence electrons. The maximum Gasteiger partial charge on any atom is 0.338 e. The number of rotatable bonds is 7. The van der Waals surface area contributed by atoms with Gasteiger partial charge in [0.05, 0.1) is 12.1 Å². The van der Waals surface area contributed by atoms with Crippen molar-refractivity contribution in [2.75, 3.05) is 6.54 Å². The molecule has 0 amide bonds. The molecule has 18 heavy (non-hydrogen) atoms. The summed E-state index contributed by atoms with van der Waals surface area (Å²) in [6, 6.07) is 2.30. The van der Waals surface area contributed by atoms with Crippen LogP contribution in [-0.2, 0) is 6.54 Å². The molecule has 0 bridgehead atoms. The fraction of sp³-hybridized carbons (Fsp3) is 0.643. The van der Waals surface area contributed by atoms with Crippen molar-refractivity contribution >= 4 is 5.97 Å². The summed E-state index contributed by atoms with van der Waals surface area (Å²) in [5.41, 5.74) is 0.240. The third kappa shape index (κ3) is 3.60. The van der Waals surface area contributed by atoms with Crippen molar-refractivity contribution in [3.05, 3.63) is 23.7 Å². The number of carboxylic acids is 1. The van der Waals surface area contributed by atoms with Crippen LogP contribution in [0.1, 0.15) is 49.2 Å². The van der Waals surface area contributed by atoms with Gasteiger partial charge in [0.25, 0.3) is 0 Å². The predicted octanol–water partition coefficient (Wildman–Crippen LogP) is 2.99. The maximum atomic E-state index is 10.8. The Bertz CT molecular complexity index is 407. The van der Waals surface area contributed by atoms with Crippen molar-refractivity contribution in [1.29, 1.82) is 0 Å². The number of carboxylic acid groups (broad SMARTS) is 1. The predicted molar refractivity (Wildman–Crippen MR) is 68.6 cm³/mol. The molecule has 2 rings (SSSR count). The summed E-state index contributed by atoms with van der Waals surface area (Å²) in [5.74, 6) is 0.519. The molecule has 0 unspecified atom stereocenters. The summed E-state index contributed by atoms with van der Waals surface area (Å²) in [5, 5.41) is 8.86. The Morgan fingerprint density at radius 3 is 2.78 bits per heavy atom. The molecule has 1 aromatic rings. The van der Waals surface area contributed by atoms with Crippen LogP contribution in [0, 0.1) is 5.92 Å². The van der Waals surface area contributed by atoms with Crippen molar-refractivity contribution in [3.8, 4) is 0 Å². The minimum Gasteiger partial charge on any atom is -0.478 e. The van der Waals surface area contributed by atoms with Gasteiger partial charge < -0.3 is 9.52 Å². The Morgan fingerprint density at radius 2 is 2.28 bits per heavy atom. The highest BCUT2D eigenvalue weighted by Crippen LogP contribution is 2.29. The maximum absolute atomic E-state index is 10.8. The zero-order valence-electron chi connectivity index (χ0n) is 11.1. The molecule has 1 heterocycles. The second kappa shape index (κ2) is 5.57. The zero-order valence-corrected chi connectivity index (χ0v) is 11.1. The van der Waals surface area contributed by atoms with E-state index in [1.165, 1.54) is 25.5 Å². The molecule has 4 heteroatoms. The minimum absolute atomic E-state index is 0.240. The molecule has 0 aromatic carbocycles. The fourth-order valence-corrected chi connectivity index (χ4v) is 2.03. The van der Waals surface area contributed by atoms with Crippen LogP contribution in [0.4, 0.5) is 0 Å². The molecular formula is C14H21NO3. The Labute approximate surface area is 108 Å². The second-order valence-corrected chi connectivity index (χ2v) is 5.49. The molecule has 0 spiro atoms. The Morgan fingerprint density at radius 1 is 1.56 bits per heavy atom. The van der Waals surface area contributed by atoms with Crippen molar-refractivity contribution in [2.45, 2.75) is 45.7 Å². The molecule has 4 nitrogen and oxygen atoms in total. The smallest absolute Gasteiger partial charge is 0.338 e. The third-order valence-corrected chi connectivity index (χ3v) is 3.32. The fourth-order valence-electron chi connectivity index (χ4n) is 2.03. The summed E-state index contributed by atoms with van der Waals surface area (Å²) < 4.78 is 5.32. The molecule has 0 radical (unpaired) electrons. The van der Waals surface area contributed by atoms with Crippen LogP contribution in [-0.4, -0.2) is 28.6 Å². The molecule has 1 saturated carbocycles. The zero-order chi connectivity index (χ0) is 13.1. The average molecular weight is 251 g/mol. The van der Waals surface area contributed by atoms with Gasteiger partial charge in [-0.3, -0.25) is 4.90 Å². The monoisotopic (exact) mass is 251 g/mol. The van der Waals surface area contributed by atoms with Crippen molar-refractivity contribution < 1.29 is 14.3 Å². The second-order valence-electron chi connectivity index (χ2n) is 5.49. The Kier molecular flexibility index (Phi) is 4.07. The lowest BCUT2D eigenvalue weighted by molar-refractivity contribution is 0.0696. The third-order valence-electron chi connectivity index (χ3n) is 3.32. The van der Waals surface area contributed by atoms with E-state index in [0.29, 0.717) is 12.0 Å². The van der Waals surface area contributed by atoms with E-state index < -0.39 is 5.97 Å². The van der Waals surface area contributed by atoms with Crippen LogP contribution in [0.2, 0.25) is 0 Å². The standard InChI is InChI=1S/C14H21NO3/c1-10(2)5-6-15(12-3-4-12)8-13-7-11(9-18-13)14(16)17/h7,9-10,12H,3-6,8H2,1-2H3,(H,16,17). The summed E-state index contributed by atoms with van der Waals surface area (Å²) in [7, 11) is 0. The number of furan rings is 1. The van der Waals surface area contributed by atoms with Gasteiger partial charge in [-0.05, 0) is 37.8 Å². The van der Waals surface area contributed by atoms with Crippen molar-refractivity contribution in [3.63, 3.8) is 0 Å². The van der Waals surface area contributed by atoms with Gasteiger partial charge in [0.15, 0.2) is 0 Å². The van der Waals surface area contributed by atoms with Crippen LogP contribution in [0.25, 0.3) is 0 Å². The first kappa shape index (κ1) is 13.1. The molecule has 1 aliphatic carbocycles. The molecule has 1 aliphatic rings. The van der Waals surface area contributed by atoms with Crippen molar-refractivity contribution in [1.82, 2.24) is 4.90 Å². The number of carbonyl (C=O) groups is 1. The SMILES string of the molecule is CC(C)CCN(Cc1cc(C(=O)O)co1)C1CC1. The van der Waals surface area contributed by atoms with E-state index in [0.717, 1.165) is 18.8 Å². The lowest BCUT2D eigenvalue weighted by Crippen LogP contribution is -2.27. The molecule has 1 fully saturated rings. The summed E-state index contributed by atoms with van der Waals surface area (Å²) in [6.07, 6.45) is 5.00. The molecule has 1 N–H and O–H groups in total. The molecule has 1 aromatic heterocycles. The van der Waals surface area contributed by atoms with E-state index in [4.69, 9.17) is 9.52 Å².